The van der Waals surface area contributed by atoms with Gasteiger partial charge in [-0.25, -0.2) is 0 Å². The molecule has 0 heterocycles. The van der Waals surface area contributed by atoms with Gasteiger partial charge in [-0.1, -0.05) is 30.3 Å². The lowest BCUT2D eigenvalue weighted by Gasteiger charge is -2.45. The van der Waals surface area contributed by atoms with Gasteiger partial charge in [0.2, 0.25) is 0 Å². The number of carbonyl (C=O) groups excluding carboxylic acids is 1. The highest BCUT2D eigenvalue weighted by molar-refractivity contribution is 5.80. The molecule has 0 aliphatic heterocycles. The fourth-order valence-corrected chi connectivity index (χ4v) is 3.00. The van der Waals surface area contributed by atoms with E-state index < -0.39 is 83.1 Å². The van der Waals surface area contributed by atoms with Gasteiger partial charge in [0.05, 0.1) is 5.92 Å². The second-order valence-electron chi connectivity index (χ2n) is 8.38. The van der Waals surface area contributed by atoms with Crippen molar-refractivity contribution in [2.75, 3.05) is 0 Å². The van der Waals surface area contributed by atoms with Crippen molar-refractivity contribution >= 4 is 5.78 Å². The van der Waals surface area contributed by atoms with Crippen LogP contribution in [0.1, 0.15) is 13.9 Å². The van der Waals surface area contributed by atoms with Crippen molar-refractivity contribution in [2.45, 2.75) is 72.8 Å². The van der Waals surface area contributed by atoms with Crippen molar-refractivity contribution in [3.63, 3.8) is 0 Å². The van der Waals surface area contributed by atoms with E-state index in [2.05, 4.69) is 0 Å². The molecule has 0 spiro atoms. The van der Waals surface area contributed by atoms with E-state index in [0.29, 0.717) is 12.1 Å². The van der Waals surface area contributed by atoms with Crippen molar-refractivity contribution in [3.8, 4) is 0 Å². The van der Waals surface area contributed by atoms with Crippen LogP contribution >= 0.6 is 0 Å². The number of benzene rings is 1. The molecule has 244 valence electrons. The molecule has 42 heavy (non-hydrogen) atoms. The minimum Gasteiger partial charge on any atom is -0.299 e. The molecule has 0 aromatic heterocycles. The molecule has 1 aromatic rings. The van der Waals surface area contributed by atoms with Gasteiger partial charge in [0.1, 0.15) is 5.78 Å². The highest BCUT2D eigenvalue weighted by Gasteiger charge is 2.98. The molecule has 0 radical (unpaired) electrons. The number of hydrogen-bond donors (Lipinski definition) is 0. The third kappa shape index (κ3) is 4.92. The summed E-state index contributed by atoms with van der Waals surface area (Å²) in [5, 5.41) is 0. The summed E-state index contributed by atoms with van der Waals surface area (Å²) in [6.07, 6.45) is -11.2. The lowest BCUT2D eigenvalue weighted by molar-refractivity contribution is -0.475. The Morgan fingerprint density at radius 3 is 1.12 bits per heavy atom. The van der Waals surface area contributed by atoms with Gasteiger partial charge in [0.25, 0.3) is 0 Å². The first-order valence-electron chi connectivity index (χ1n) is 10.6. The molecule has 0 saturated carbocycles. The highest BCUT2D eigenvalue weighted by Crippen LogP contribution is 2.66. The van der Waals surface area contributed by atoms with Crippen LogP contribution in [0.25, 0.3) is 0 Å². The van der Waals surface area contributed by atoms with Gasteiger partial charge in [-0.15, -0.1) is 0 Å². The van der Waals surface area contributed by atoms with E-state index in [1.165, 1.54) is 0 Å². The minimum atomic E-state index is -9.28. The van der Waals surface area contributed by atoms with E-state index in [1.54, 1.807) is 0 Å². The van der Waals surface area contributed by atoms with Crippen LogP contribution in [-0.2, 0) is 11.2 Å². The Balaban J connectivity index is 3.88. The SMILES string of the molecule is [2H]C(c1ccccc1)C(C(C)=O)C(F)(F)C(F)(F)C(F)(F)C(F)(F)C(F)(F)C(F)(F)C(F)(F)C(F)(F)C(F)(F)C(F)(F)F. The molecule has 0 saturated heterocycles. The summed E-state index contributed by atoms with van der Waals surface area (Å²) in [5.41, 5.74) is -0.947. The molecule has 0 aliphatic rings. The van der Waals surface area contributed by atoms with Gasteiger partial charge in [-0.3, -0.25) is 4.79 Å². The number of rotatable bonds is 12. The summed E-state index contributed by atoms with van der Waals surface area (Å²) in [7, 11) is 0. The molecule has 0 fully saturated rings. The van der Waals surface area contributed by atoms with E-state index >= 15 is 0 Å². The maximum Gasteiger partial charge on any atom is 0.460 e. The normalized spacial score (nSPS) is 17.5. The maximum atomic E-state index is 14.6. The van der Waals surface area contributed by atoms with Crippen molar-refractivity contribution in [2.24, 2.45) is 5.92 Å². The van der Waals surface area contributed by atoms with E-state index in [1.807, 2.05) is 0 Å². The average molecular weight is 667 g/mol. The van der Waals surface area contributed by atoms with Gasteiger partial charge >= 0.3 is 59.5 Å². The number of ketones is 1. The van der Waals surface area contributed by atoms with E-state index in [0.717, 1.165) is 18.2 Å². The highest BCUT2D eigenvalue weighted by atomic mass is 19.4. The van der Waals surface area contributed by atoms with Crippen molar-refractivity contribution in [1.82, 2.24) is 0 Å². The lowest BCUT2D eigenvalue weighted by atomic mass is 9.81. The molecule has 0 aliphatic carbocycles. The number of Topliss-reactive ketones (excluding diaryl/α,β-unsaturated/α-hetero) is 1. The number of carbonyl (C=O) groups is 1. The minimum absolute atomic E-state index is 0.165. The van der Waals surface area contributed by atoms with Gasteiger partial charge in [0, 0.05) is 1.37 Å². The van der Waals surface area contributed by atoms with Crippen LogP contribution in [-0.4, -0.2) is 65.3 Å². The van der Waals surface area contributed by atoms with Crippen LogP contribution in [0.5, 0.6) is 0 Å². The van der Waals surface area contributed by atoms with Crippen LogP contribution in [0.2, 0.25) is 0 Å². The zero-order chi connectivity index (χ0) is 34.8. The second kappa shape index (κ2) is 10.3. The maximum absolute atomic E-state index is 14.6. The number of hydrogen-bond acceptors (Lipinski definition) is 1. The zero-order valence-electron chi connectivity index (χ0n) is 20.4. The van der Waals surface area contributed by atoms with Crippen LogP contribution in [0.3, 0.4) is 0 Å². The summed E-state index contributed by atoms with van der Waals surface area (Å²) in [4.78, 5) is 11.6. The fourth-order valence-electron chi connectivity index (χ4n) is 3.00. The fraction of sp³-hybridized carbons (Fsp3) is 0.650. The zero-order valence-corrected chi connectivity index (χ0v) is 19.4. The van der Waals surface area contributed by atoms with Crippen LogP contribution in [0.4, 0.5) is 92.2 Å². The molecule has 0 bridgehead atoms. The quantitative estimate of drug-likeness (QED) is 0.204. The van der Waals surface area contributed by atoms with Gasteiger partial charge in [-0.2, -0.15) is 92.2 Å². The first-order valence-corrected chi connectivity index (χ1v) is 10.0. The van der Waals surface area contributed by atoms with Crippen molar-refractivity contribution in [3.05, 3.63) is 35.9 Å². The third-order valence-electron chi connectivity index (χ3n) is 5.52. The molecule has 2 unspecified atom stereocenters. The molecular weight excluding hydrogens is 655 g/mol. The van der Waals surface area contributed by atoms with E-state index in [-0.39, 0.29) is 6.92 Å². The molecule has 1 rings (SSSR count). The molecule has 1 nitrogen and oxygen atoms in total. The van der Waals surface area contributed by atoms with E-state index in [9.17, 15) is 97.0 Å². The predicted molar refractivity (Wildman–Crippen MR) is 94.9 cm³/mol. The Bertz CT molecular complexity index is 1160. The van der Waals surface area contributed by atoms with Crippen molar-refractivity contribution < 1.29 is 98.4 Å². The Hall–Kier alpha value is -2.58. The first kappa shape index (κ1) is 35.6. The lowest BCUT2D eigenvalue weighted by Crippen LogP contribution is -2.77. The molecule has 0 N–H and O–H groups in total. The standard InChI is InChI=1S/C20H11F21O/c1-8(42)10(7-9-5-3-2-4-6-9)11(21,22)12(23,24)13(25,26)14(27,28)15(29,30)16(31,32)17(33,34)18(35,36)19(37,38)20(39,40)41/h2-6,10H,7H2,1H3/i7D. The summed E-state index contributed by atoms with van der Waals surface area (Å²) in [6.45, 7) is -0.165. The number of halogens is 21. The molecule has 2 atom stereocenters. The summed E-state index contributed by atoms with van der Waals surface area (Å²) >= 11 is 0. The monoisotopic (exact) mass is 667 g/mol. The number of alkyl halides is 21. The Kier molecular flexibility index (Phi) is 8.70. The summed E-state index contributed by atoms with van der Waals surface area (Å²) in [6, 6.07) is 3.87. The molecular formula is C20H11F21O. The van der Waals surface area contributed by atoms with Crippen LogP contribution in [0.15, 0.2) is 30.3 Å². The Labute approximate surface area is 220 Å². The average Bonchev–Trinajstić information content (AvgIpc) is 2.82. The van der Waals surface area contributed by atoms with Gasteiger partial charge in [-0.05, 0) is 18.9 Å². The van der Waals surface area contributed by atoms with Crippen molar-refractivity contribution in [1.29, 1.82) is 0 Å². The topological polar surface area (TPSA) is 17.1 Å². The molecule has 22 heteroatoms. The second-order valence-corrected chi connectivity index (χ2v) is 8.38. The third-order valence-corrected chi connectivity index (χ3v) is 5.52. The predicted octanol–water partition coefficient (Wildman–Crippen LogP) is 8.71. The van der Waals surface area contributed by atoms with Crippen LogP contribution < -0.4 is 0 Å². The Morgan fingerprint density at radius 1 is 0.548 bits per heavy atom. The van der Waals surface area contributed by atoms with E-state index in [4.69, 9.17) is 1.37 Å². The Morgan fingerprint density at radius 2 is 0.833 bits per heavy atom. The smallest absolute Gasteiger partial charge is 0.299 e. The summed E-state index contributed by atoms with van der Waals surface area (Å²) < 4.78 is 293. The summed E-state index contributed by atoms with van der Waals surface area (Å²) in [5.74, 6) is -85.3. The molecule has 0 amide bonds. The largest absolute Gasteiger partial charge is 0.460 e. The van der Waals surface area contributed by atoms with Crippen LogP contribution in [0, 0.1) is 5.92 Å². The first-order chi connectivity index (χ1) is 18.6. The molecule has 1 aromatic carbocycles. The van der Waals surface area contributed by atoms with Gasteiger partial charge < -0.3 is 0 Å². The van der Waals surface area contributed by atoms with Gasteiger partial charge in [0.15, 0.2) is 0 Å².